The van der Waals surface area contributed by atoms with E-state index in [1.54, 1.807) is 0 Å². The topological polar surface area (TPSA) is 78.9 Å². The smallest absolute Gasteiger partial charge is 0.306 e. The van der Waals surface area contributed by atoms with E-state index in [1.165, 1.54) is 161 Å². The highest BCUT2D eigenvalue weighted by Gasteiger charge is 2.19. The molecule has 0 saturated heterocycles. The van der Waals surface area contributed by atoms with Crippen molar-refractivity contribution in [1.82, 2.24) is 0 Å². The van der Waals surface area contributed by atoms with Gasteiger partial charge in [-0.3, -0.25) is 14.4 Å². The Bertz CT molecular complexity index is 973. The molecule has 0 rings (SSSR count). The van der Waals surface area contributed by atoms with Crippen LogP contribution in [0.3, 0.4) is 0 Å². The van der Waals surface area contributed by atoms with Gasteiger partial charge in [-0.25, -0.2) is 0 Å². The highest BCUT2D eigenvalue weighted by Crippen LogP contribution is 2.16. The molecule has 0 heterocycles. The van der Waals surface area contributed by atoms with Crippen molar-refractivity contribution in [3.05, 3.63) is 24.3 Å². The molecule has 6 heteroatoms. The molecule has 0 fully saturated rings. The minimum absolute atomic E-state index is 0.0738. The molecular formula is C54H100O6. The lowest BCUT2D eigenvalue weighted by Crippen LogP contribution is -2.30. The van der Waals surface area contributed by atoms with Gasteiger partial charge in [0.25, 0.3) is 0 Å². The Morgan fingerprint density at radius 3 is 0.950 bits per heavy atom. The molecule has 0 spiro atoms. The summed E-state index contributed by atoms with van der Waals surface area (Å²) in [5.41, 5.74) is 0. The summed E-state index contributed by atoms with van der Waals surface area (Å²) in [5, 5.41) is 0. The number of carbonyl (C=O) groups is 3. The normalized spacial score (nSPS) is 12.1. The van der Waals surface area contributed by atoms with Crippen molar-refractivity contribution in [3.63, 3.8) is 0 Å². The number of hydrogen-bond donors (Lipinski definition) is 0. The van der Waals surface area contributed by atoms with Crippen molar-refractivity contribution in [2.75, 3.05) is 13.2 Å². The van der Waals surface area contributed by atoms with E-state index in [1.807, 2.05) is 0 Å². The van der Waals surface area contributed by atoms with Crippen LogP contribution in [0.2, 0.25) is 0 Å². The predicted molar refractivity (Wildman–Crippen MR) is 256 cm³/mol. The standard InChI is InChI=1S/C54H100O6/c1-4-7-10-13-16-19-22-23-24-25-26-27-28-29-30-31-33-35-38-41-44-47-53(56)59-50-51(49-58-52(55)46-43-40-37-34-21-18-15-12-9-6-3)60-54(57)48-45-42-39-36-32-20-17-14-11-8-5-2/h12,14-15,17,51H,4-11,13,16,18-50H2,1-3H3/b15-12-,17-14-. The first-order chi connectivity index (χ1) is 29.5. The number of hydrogen-bond acceptors (Lipinski definition) is 6. The summed E-state index contributed by atoms with van der Waals surface area (Å²) < 4.78 is 16.7. The quantitative estimate of drug-likeness (QED) is 0.0263. The lowest BCUT2D eigenvalue weighted by Gasteiger charge is -2.18. The second-order valence-electron chi connectivity index (χ2n) is 17.8. The number of esters is 3. The van der Waals surface area contributed by atoms with Crippen molar-refractivity contribution >= 4 is 17.9 Å². The van der Waals surface area contributed by atoms with Gasteiger partial charge >= 0.3 is 17.9 Å². The highest BCUT2D eigenvalue weighted by molar-refractivity contribution is 5.71. The molecule has 0 aromatic rings. The molecule has 0 amide bonds. The molecule has 0 aliphatic carbocycles. The summed E-state index contributed by atoms with van der Waals surface area (Å²) in [4.78, 5) is 37.8. The van der Waals surface area contributed by atoms with Gasteiger partial charge < -0.3 is 14.2 Å². The van der Waals surface area contributed by atoms with E-state index in [9.17, 15) is 14.4 Å². The fraction of sp³-hybridized carbons (Fsp3) is 0.870. The Labute approximate surface area is 373 Å². The van der Waals surface area contributed by atoms with Gasteiger partial charge in [-0.2, -0.15) is 0 Å². The molecule has 1 unspecified atom stereocenters. The van der Waals surface area contributed by atoms with E-state index in [2.05, 4.69) is 45.1 Å². The Balaban J connectivity index is 4.19. The van der Waals surface area contributed by atoms with Gasteiger partial charge in [0.2, 0.25) is 0 Å². The molecule has 0 aliphatic rings. The largest absolute Gasteiger partial charge is 0.462 e. The fourth-order valence-corrected chi connectivity index (χ4v) is 7.66. The predicted octanol–water partition coefficient (Wildman–Crippen LogP) is 17.2. The molecule has 352 valence electrons. The fourth-order valence-electron chi connectivity index (χ4n) is 7.66. The average Bonchev–Trinajstić information content (AvgIpc) is 3.24. The van der Waals surface area contributed by atoms with Crippen LogP contribution in [-0.2, 0) is 28.6 Å². The second-order valence-corrected chi connectivity index (χ2v) is 17.8. The van der Waals surface area contributed by atoms with Crippen LogP contribution in [0, 0.1) is 0 Å². The van der Waals surface area contributed by atoms with Gasteiger partial charge in [-0.1, -0.05) is 231 Å². The molecular weight excluding hydrogens is 745 g/mol. The third-order valence-corrected chi connectivity index (χ3v) is 11.7. The number of allylic oxidation sites excluding steroid dienone is 4. The molecule has 0 bridgehead atoms. The van der Waals surface area contributed by atoms with E-state index in [-0.39, 0.29) is 31.1 Å². The monoisotopic (exact) mass is 845 g/mol. The van der Waals surface area contributed by atoms with Crippen molar-refractivity contribution in [1.29, 1.82) is 0 Å². The van der Waals surface area contributed by atoms with Crippen LogP contribution in [-0.4, -0.2) is 37.2 Å². The molecule has 0 N–H and O–H groups in total. The summed E-state index contributed by atoms with van der Waals surface area (Å²) >= 11 is 0. The maximum Gasteiger partial charge on any atom is 0.306 e. The Hall–Kier alpha value is -2.11. The van der Waals surface area contributed by atoms with E-state index < -0.39 is 6.10 Å². The van der Waals surface area contributed by atoms with Crippen LogP contribution in [0.15, 0.2) is 24.3 Å². The minimum Gasteiger partial charge on any atom is -0.462 e. The number of rotatable bonds is 48. The van der Waals surface area contributed by atoms with Gasteiger partial charge in [0.15, 0.2) is 6.10 Å². The first-order valence-electron chi connectivity index (χ1n) is 26.3. The molecule has 6 nitrogen and oxygen atoms in total. The van der Waals surface area contributed by atoms with E-state index in [4.69, 9.17) is 14.2 Å². The number of unbranched alkanes of at least 4 members (excludes halogenated alkanes) is 33. The van der Waals surface area contributed by atoms with Gasteiger partial charge in [0.05, 0.1) is 0 Å². The minimum atomic E-state index is -0.773. The number of carbonyl (C=O) groups excluding carboxylic acids is 3. The molecule has 0 aliphatic heterocycles. The summed E-state index contributed by atoms with van der Waals surface area (Å²) in [6.07, 6.45) is 56.1. The molecule has 0 radical (unpaired) electrons. The van der Waals surface area contributed by atoms with Gasteiger partial charge in [0.1, 0.15) is 13.2 Å². The molecule has 1 atom stereocenters. The third-order valence-electron chi connectivity index (χ3n) is 11.7. The van der Waals surface area contributed by atoms with Crippen molar-refractivity contribution in [3.8, 4) is 0 Å². The van der Waals surface area contributed by atoms with Gasteiger partial charge in [-0.15, -0.1) is 0 Å². The lowest BCUT2D eigenvalue weighted by molar-refractivity contribution is -0.167. The first kappa shape index (κ1) is 57.9. The van der Waals surface area contributed by atoms with E-state index >= 15 is 0 Å². The summed E-state index contributed by atoms with van der Waals surface area (Å²) in [7, 11) is 0. The highest BCUT2D eigenvalue weighted by atomic mass is 16.6. The number of ether oxygens (including phenoxy) is 3. The average molecular weight is 845 g/mol. The van der Waals surface area contributed by atoms with Crippen LogP contribution in [0.5, 0.6) is 0 Å². The zero-order valence-corrected chi connectivity index (χ0v) is 40.2. The van der Waals surface area contributed by atoms with E-state index in [0.717, 1.165) is 83.5 Å². The third kappa shape index (κ3) is 46.9. The Kier molecular flexibility index (Phi) is 47.8. The summed E-state index contributed by atoms with van der Waals surface area (Å²) in [6, 6.07) is 0. The second kappa shape index (κ2) is 49.5. The Morgan fingerprint density at radius 1 is 0.317 bits per heavy atom. The Morgan fingerprint density at radius 2 is 0.600 bits per heavy atom. The van der Waals surface area contributed by atoms with E-state index in [0.29, 0.717) is 19.3 Å². The molecule has 60 heavy (non-hydrogen) atoms. The summed E-state index contributed by atoms with van der Waals surface area (Å²) in [5.74, 6) is -0.884. The van der Waals surface area contributed by atoms with Crippen LogP contribution >= 0.6 is 0 Å². The zero-order chi connectivity index (χ0) is 43.7. The van der Waals surface area contributed by atoms with Crippen molar-refractivity contribution < 1.29 is 28.6 Å². The first-order valence-corrected chi connectivity index (χ1v) is 26.3. The van der Waals surface area contributed by atoms with Crippen molar-refractivity contribution in [2.24, 2.45) is 0 Å². The maximum atomic E-state index is 12.7. The molecule has 0 saturated carbocycles. The molecule has 0 aromatic heterocycles. The van der Waals surface area contributed by atoms with Crippen LogP contribution in [0.1, 0.15) is 284 Å². The van der Waals surface area contributed by atoms with Crippen LogP contribution in [0.4, 0.5) is 0 Å². The van der Waals surface area contributed by atoms with Crippen LogP contribution in [0.25, 0.3) is 0 Å². The zero-order valence-electron chi connectivity index (χ0n) is 40.2. The summed E-state index contributed by atoms with van der Waals surface area (Å²) in [6.45, 7) is 6.55. The molecule has 0 aromatic carbocycles. The lowest BCUT2D eigenvalue weighted by atomic mass is 10.0. The van der Waals surface area contributed by atoms with Gasteiger partial charge in [-0.05, 0) is 57.8 Å². The maximum absolute atomic E-state index is 12.7. The SMILES string of the molecule is CCC/C=C\CCCCCCCC(=O)OCC(COC(=O)CCCCCCCCCCCCCCCCCCCCCCC)OC(=O)CCCCCCC/C=C\CCCC. The van der Waals surface area contributed by atoms with Gasteiger partial charge in [0, 0.05) is 19.3 Å². The van der Waals surface area contributed by atoms with Crippen LogP contribution < -0.4 is 0 Å². The van der Waals surface area contributed by atoms with Crippen molar-refractivity contribution in [2.45, 2.75) is 290 Å².